The average molecular weight is 774 g/mol. The zero-order valence-electron chi connectivity index (χ0n) is 32.5. The topological polar surface area (TPSA) is 207 Å². The zero-order valence-corrected chi connectivity index (χ0v) is 32.5. The van der Waals surface area contributed by atoms with Gasteiger partial charge in [0.05, 0.1) is 64.2 Å². The summed E-state index contributed by atoms with van der Waals surface area (Å²) in [6.07, 6.45) is 4.25. The van der Waals surface area contributed by atoms with E-state index in [4.69, 9.17) is 28.4 Å². The number of benzene rings is 1. The minimum atomic E-state index is -0.673. The second-order valence-corrected chi connectivity index (χ2v) is 14.5. The summed E-state index contributed by atoms with van der Waals surface area (Å²) in [6.45, 7) is 8.50. The summed E-state index contributed by atoms with van der Waals surface area (Å²) in [4.78, 5) is 60.1. The molecule has 16 heteroatoms. The molecule has 1 aromatic carbocycles. The summed E-state index contributed by atoms with van der Waals surface area (Å²) in [5.41, 5.74) is 1.47. The van der Waals surface area contributed by atoms with Crippen LogP contribution in [0.15, 0.2) is 42.0 Å². The molecule has 5 N–H and O–H groups in total. The minimum Gasteiger partial charge on any atom is -0.443 e. The molecule has 1 aromatic rings. The second kappa shape index (κ2) is 22.0. The maximum absolute atomic E-state index is 12.8. The number of nitrogens with one attached hydrogen (secondary N) is 5. The van der Waals surface area contributed by atoms with Crippen LogP contribution in [0.5, 0.6) is 0 Å². The minimum absolute atomic E-state index is 0.0477. The van der Waals surface area contributed by atoms with Gasteiger partial charge in [0.25, 0.3) is 0 Å². The maximum atomic E-state index is 12.8. The maximum Gasteiger partial charge on any atom is 0.407 e. The highest BCUT2D eigenvalue weighted by atomic mass is 16.6. The number of carbonyl (C=O) groups excluding carboxylic acids is 5. The lowest BCUT2D eigenvalue weighted by Gasteiger charge is -2.42. The van der Waals surface area contributed by atoms with Gasteiger partial charge in [-0.2, -0.15) is 0 Å². The Morgan fingerprint density at radius 1 is 0.945 bits per heavy atom. The van der Waals surface area contributed by atoms with Gasteiger partial charge < -0.3 is 59.8 Å². The smallest absolute Gasteiger partial charge is 0.407 e. The van der Waals surface area contributed by atoms with Crippen LogP contribution in [0.1, 0.15) is 52.0 Å². The molecular weight excluding hydrogens is 714 g/mol. The van der Waals surface area contributed by atoms with Gasteiger partial charge in [-0.15, -0.1) is 0 Å². The molecule has 2 heterocycles. The fourth-order valence-corrected chi connectivity index (χ4v) is 7.12. The normalized spacial score (nSPS) is 25.6. The lowest BCUT2D eigenvalue weighted by molar-refractivity contribution is -0.127. The largest absolute Gasteiger partial charge is 0.443 e. The van der Waals surface area contributed by atoms with E-state index in [0.29, 0.717) is 45.5 Å². The number of rotatable bonds is 25. The molecule has 2 aliphatic heterocycles. The van der Waals surface area contributed by atoms with Gasteiger partial charge in [0.2, 0.25) is 17.7 Å². The molecule has 4 unspecified atom stereocenters. The van der Waals surface area contributed by atoms with Crippen molar-refractivity contribution in [3.8, 4) is 0 Å². The van der Waals surface area contributed by atoms with E-state index in [-0.39, 0.29) is 75.4 Å². The summed E-state index contributed by atoms with van der Waals surface area (Å²) in [5.74, 6) is -1.13. The fourth-order valence-electron chi connectivity index (χ4n) is 7.12. The van der Waals surface area contributed by atoms with Gasteiger partial charge >= 0.3 is 6.09 Å². The molecule has 1 spiro atoms. The third kappa shape index (κ3) is 14.0. The molecule has 4 amide bonds. The Hall–Kier alpha value is -3.93. The van der Waals surface area contributed by atoms with Gasteiger partial charge in [-0.25, -0.2) is 4.79 Å². The number of epoxide rings is 2. The van der Waals surface area contributed by atoms with E-state index in [1.807, 2.05) is 30.3 Å². The monoisotopic (exact) mass is 773 g/mol. The number of allylic oxidation sites excluding steroid dienone is 1. The van der Waals surface area contributed by atoms with Crippen LogP contribution < -0.4 is 26.6 Å². The van der Waals surface area contributed by atoms with Gasteiger partial charge in [-0.3, -0.25) is 14.4 Å². The molecule has 4 rings (SSSR count). The highest BCUT2D eigenvalue weighted by Crippen LogP contribution is 2.59. The molecule has 0 aromatic heterocycles. The summed E-state index contributed by atoms with van der Waals surface area (Å²) in [6, 6.07) is 8.71. The first kappa shape index (κ1) is 43.8. The lowest BCUT2D eigenvalue weighted by atomic mass is 9.68. The van der Waals surface area contributed by atoms with Crippen molar-refractivity contribution >= 4 is 30.1 Å². The first-order chi connectivity index (χ1) is 26.5. The number of aldehydes is 1. The molecule has 55 heavy (non-hydrogen) atoms. The van der Waals surface area contributed by atoms with Crippen molar-refractivity contribution in [2.75, 3.05) is 72.9 Å². The lowest BCUT2D eigenvalue weighted by Crippen LogP contribution is -2.56. The van der Waals surface area contributed by atoms with E-state index >= 15 is 0 Å². The van der Waals surface area contributed by atoms with Crippen LogP contribution in [0.4, 0.5) is 4.79 Å². The van der Waals surface area contributed by atoms with Crippen LogP contribution in [0.25, 0.3) is 0 Å². The van der Waals surface area contributed by atoms with Crippen molar-refractivity contribution in [2.45, 2.75) is 88.4 Å². The van der Waals surface area contributed by atoms with Crippen LogP contribution in [-0.2, 0) is 54.0 Å². The van der Waals surface area contributed by atoms with Gasteiger partial charge in [0, 0.05) is 33.2 Å². The Kier molecular flexibility index (Phi) is 17.5. The Morgan fingerprint density at radius 3 is 2.31 bits per heavy atom. The first-order valence-electron chi connectivity index (χ1n) is 19.1. The quantitative estimate of drug-likeness (QED) is 0.0408. The van der Waals surface area contributed by atoms with E-state index in [9.17, 15) is 24.0 Å². The second-order valence-electron chi connectivity index (χ2n) is 14.5. The molecule has 3 aliphatic rings. The van der Waals surface area contributed by atoms with Crippen molar-refractivity contribution in [3.63, 3.8) is 0 Å². The van der Waals surface area contributed by atoms with E-state index in [2.05, 4.69) is 53.4 Å². The van der Waals surface area contributed by atoms with Crippen LogP contribution in [0, 0.1) is 5.92 Å². The third-order valence-corrected chi connectivity index (χ3v) is 10.1. The summed E-state index contributed by atoms with van der Waals surface area (Å²) < 4.78 is 35.1. The number of ether oxygens (including phenoxy) is 6. The van der Waals surface area contributed by atoms with Gasteiger partial charge in [-0.05, 0) is 52.0 Å². The number of carbonyl (C=O) groups is 5. The highest BCUT2D eigenvalue weighted by Gasteiger charge is 2.72. The highest BCUT2D eigenvalue weighted by molar-refractivity contribution is 5.88. The number of amides is 4. The molecule has 1 aliphatic carbocycles. The molecular formula is C39H59N5O11. The summed E-state index contributed by atoms with van der Waals surface area (Å²) in [5, 5.41) is 13.6. The number of hydrogen-bond donors (Lipinski definition) is 5. The van der Waals surface area contributed by atoms with Crippen molar-refractivity contribution in [1.29, 1.82) is 0 Å². The number of methoxy groups -OCH3 is 1. The Bertz CT molecular complexity index is 1440. The standard InChI is InChI=1S/C39H59N5O11/c1-27(2)10-11-31-38(3,55-31)35-34(50-4)30(12-14-39(35)26-53-39)54-37(49)43-18-21-52-23-22-51-20-17-42-32(46)13-15-40-29(24-28-8-6-5-7-9-28)36(48)44-25-33(47)41-16-19-45/h5-10,19,29-31,34-35,40H,11-18,20-26H2,1-4H3,(H,41,47)(H,42,46)(H,43,49)(H,44,48)/t29-,30?,31+,34?,35?,38?,39-/m0/s1. The SMILES string of the molecule is COC1C(OC(=O)NCCOCCOCCNC(=O)CCN[C@@H](Cc2ccccc2)C(=O)NCC(=O)NCC=O)CC[C@]2(CO2)C1C1(C)O[C@@H]1CC=C(C)C. The summed E-state index contributed by atoms with van der Waals surface area (Å²) in [7, 11) is 1.65. The predicted octanol–water partition coefficient (Wildman–Crippen LogP) is 0.961. The third-order valence-electron chi connectivity index (χ3n) is 10.1. The molecule has 0 bridgehead atoms. The molecule has 1 saturated carbocycles. The van der Waals surface area contributed by atoms with Gasteiger partial charge in [0.15, 0.2) is 0 Å². The van der Waals surface area contributed by atoms with Crippen LogP contribution in [0.2, 0.25) is 0 Å². The van der Waals surface area contributed by atoms with E-state index < -0.39 is 35.7 Å². The average Bonchev–Trinajstić information content (AvgIpc) is 4.09. The fraction of sp³-hybridized carbons (Fsp3) is 0.667. The molecule has 3 fully saturated rings. The number of hydrogen-bond acceptors (Lipinski definition) is 12. The van der Waals surface area contributed by atoms with Crippen molar-refractivity contribution in [2.24, 2.45) is 5.92 Å². The van der Waals surface area contributed by atoms with Crippen molar-refractivity contribution in [3.05, 3.63) is 47.5 Å². The van der Waals surface area contributed by atoms with E-state index in [1.165, 1.54) is 5.57 Å². The zero-order chi connectivity index (χ0) is 39.7. The molecule has 2 saturated heterocycles. The van der Waals surface area contributed by atoms with Crippen LogP contribution in [0.3, 0.4) is 0 Å². The van der Waals surface area contributed by atoms with E-state index in [0.717, 1.165) is 18.4 Å². The molecule has 306 valence electrons. The van der Waals surface area contributed by atoms with Crippen LogP contribution >= 0.6 is 0 Å². The summed E-state index contributed by atoms with van der Waals surface area (Å²) >= 11 is 0. The molecule has 7 atom stereocenters. The molecule has 16 nitrogen and oxygen atoms in total. The van der Waals surface area contributed by atoms with E-state index in [1.54, 1.807) is 7.11 Å². The van der Waals surface area contributed by atoms with Gasteiger partial charge in [-0.1, -0.05) is 42.0 Å². The number of alkyl carbamates (subject to hydrolysis) is 1. The van der Waals surface area contributed by atoms with Crippen molar-refractivity contribution in [1.82, 2.24) is 26.6 Å². The first-order valence-corrected chi connectivity index (χ1v) is 19.1. The predicted molar refractivity (Wildman–Crippen MR) is 201 cm³/mol. The Balaban J connectivity index is 1.04. The molecule has 0 radical (unpaired) electrons. The van der Waals surface area contributed by atoms with Crippen molar-refractivity contribution < 1.29 is 52.4 Å². The van der Waals surface area contributed by atoms with Gasteiger partial charge in [0.1, 0.15) is 29.7 Å². The van der Waals surface area contributed by atoms with Crippen LogP contribution in [-0.4, -0.2) is 139 Å². The Morgan fingerprint density at radius 2 is 1.65 bits per heavy atom. The Labute approximate surface area is 323 Å².